The molecule has 0 saturated carbocycles. The van der Waals surface area contributed by atoms with E-state index in [4.69, 9.17) is 0 Å². The van der Waals surface area contributed by atoms with Crippen molar-refractivity contribution in [1.29, 1.82) is 0 Å². The fraction of sp³-hybridized carbons (Fsp3) is 0.421. The minimum Gasteiger partial charge on any atom is -0.325 e. The van der Waals surface area contributed by atoms with Crippen molar-refractivity contribution in [1.82, 2.24) is 4.31 Å². The van der Waals surface area contributed by atoms with Crippen LogP contribution in [0.2, 0.25) is 0 Å². The number of benzene rings is 1. The van der Waals surface area contributed by atoms with Crippen molar-refractivity contribution in [3.8, 4) is 0 Å². The van der Waals surface area contributed by atoms with Gasteiger partial charge >= 0.3 is 0 Å². The summed E-state index contributed by atoms with van der Waals surface area (Å²) in [5, 5.41) is 4.86. The van der Waals surface area contributed by atoms with E-state index in [-0.39, 0.29) is 10.8 Å². The molecule has 0 aliphatic heterocycles. The van der Waals surface area contributed by atoms with Crippen LogP contribution in [0.5, 0.6) is 0 Å². The van der Waals surface area contributed by atoms with E-state index in [1.165, 1.54) is 21.3 Å². The highest BCUT2D eigenvalue weighted by atomic mass is 32.2. The van der Waals surface area contributed by atoms with Crippen LogP contribution < -0.4 is 10.2 Å². The van der Waals surface area contributed by atoms with Crippen molar-refractivity contribution in [3.63, 3.8) is 0 Å². The Bertz CT molecular complexity index is 818. The Labute approximate surface area is 165 Å². The molecule has 0 aliphatic rings. The molecule has 1 aromatic carbocycles. The number of likely N-dealkylation sites (N-methyl/N-ethyl adjacent to an activating group) is 1. The van der Waals surface area contributed by atoms with E-state index < -0.39 is 10.0 Å². The van der Waals surface area contributed by atoms with Gasteiger partial charge in [-0.15, -0.1) is 11.3 Å². The van der Waals surface area contributed by atoms with Gasteiger partial charge in [0.2, 0.25) is 10.0 Å². The van der Waals surface area contributed by atoms with Crippen molar-refractivity contribution in [2.24, 2.45) is 0 Å². The number of carbonyl (C=O) groups excluding carboxylic acids is 1. The summed E-state index contributed by atoms with van der Waals surface area (Å²) in [6.07, 6.45) is 1.76. The fourth-order valence-corrected chi connectivity index (χ4v) is 4.67. The normalized spacial score (nSPS) is 12.9. The van der Waals surface area contributed by atoms with Crippen molar-refractivity contribution in [3.05, 3.63) is 46.7 Å². The van der Waals surface area contributed by atoms with Crippen LogP contribution in [-0.2, 0) is 21.4 Å². The van der Waals surface area contributed by atoms with Gasteiger partial charge in [-0.3, -0.25) is 4.79 Å². The zero-order valence-corrected chi connectivity index (χ0v) is 17.7. The maximum absolute atomic E-state index is 12.5. The second-order valence-corrected chi connectivity index (χ2v) is 9.72. The Morgan fingerprint density at radius 3 is 2.52 bits per heavy atom. The van der Waals surface area contributed by atoms with E-state index in [1.807, 2.05) is 25.4 Å². The standard InChI is InChI=1S/C19H27N3O3S2/c1-4-5-12-22(3)27(24,25)18-10-8-16(9-11-18)20-19(23)15-21(2)14-17-7-6-13-26-17/h6-11,13H,4-5,12,14-15H2,1-3H3,(H,20,23)/p+1. The topological polar surface area (TPSA) is 70.9 Å². The van der Waals surface area contributed by atoms with E-state index in [0.29, 0.717) is 18.8 Å². The lowest BCUT2D eigenvalue weighted by Gasteiger charge is -2.17. The lowest BCUT2D eigenvalue weighted by molar-refractivity contribution is -0.884. The molecule has 1 atom stereocenters. The summed E-state index contributed by atoms with van der Waals surface area (Å²) < 4.78 is 26.4. The van der Waals surface area contributed by atoms with Crippen LogP contribution in [0, 0.1) is 0 Å². The number of hydrogen-bond acceptors (Lipinski definition) is 4. The molecule has 1 unspecified atom stereocenters. The molecular weight excluding hydrogens is 382 g/mol. The van der Waals surface area contributed by atoms with Crippen LogP contribution in [0.4, 0.5) is 5.69 Å². The van der Waals surface area contributed by atoms with Crippen LogP contribution in [0.1, 0.15) is 24.6 Å². The van der Waals surface area contributed by atoms with Crippen LogP contribution in [0.15, 0.2) is 46.7 Å². The zero-order chi connectivity index (χ0) is 19.9. The highest BCUT2D eigenvalue weighted by Gasteiger charge is 2.20. The molecule has 2 aromatic rings. The molecule has 2 N–H and O–H groups in total. The summed E-state index contributed by atoms with van der Waals surface area (Å²) in [7, 11) is 0.0766. The average molecular weight is 411 g/mol. The van der Waals surface area contributed by atoms with E-state index in [9.17, 15) is 13.2 Å². The number of hydrogen-bond donors (Lipinski definition) is 2. The number of nitrogens with one attached hydrogen (secondary N) is 2. The third kappa shape index (κ3) is 6.42. The Morgan fingerprint density at radius 1 is 1.22 bits per heavy atom. The maximum atomic E-state index is 12.5. The third-order valence-corrected chi connectivity index (χ3v) is 6.94. The van der Waals surface area contributed by atoms with E-state index in [0.717, 1.165) is 24.3 Å². The van der Waals surface area contributed by atoms with Gasteiger partial charge in [-0.2, -0.15) is 0 Å². The molecular formula is C19H28N3O3S2+. The first-order chi connectivity index (χ1) is 12.8. The largest absolute Gasteiger partial charge is 0.325 e. The molecule has 0 bridgehead atoms. The number of quaternary nitrogens is 1. The van der Waals surface area contributed by atoms with Gasteiger partial charge in [-0.25, -0.2) is 12.7 Å². The van der Waals surface area contributed by atoms with Crippen molar-refractivity contribution < 1.29 is 18.1 Å². The number of amides is 1. The van der Waals surface area contributed by atoms with Gasteiger partial charge in [0.1, 0.15) is 6.54 Å². The highest BCUT2D eigenvalue weighted by molar-refractivity contribution is 7.89. The Morgan fingerprint density at radius 2 is 1.93 bits per heavy atom. The first-order valence-corrected chi connectivity index (χ1v) is 11.3. The predicted molar refractivity (Wildman–Crippen MR) is 110 cm³/mol. The average Bonchev–Trinajstić information content (AvgIpc) is 3.12. The minimum absolute atomic E-state index is 0.0975. The number of sulfonamides is 1. The Kier molecular flexibility index (Phi) is 7.97. The van der Waals surface area contributed by atoms with Gasteiger partial charge in [-0.05, 0) is 42.1 Å². The molecule has 1 heterocycles. The third-order valence-electron chi connectivity index (χ3n) is 4.19. The molecule has 1 amide bonds. The number of nitrogens with zero attached hydrogens (tertiary/aromatic N) is 1. The van der Waals surface area contributed by atoms with Gasteiger partial charge in [0, 0.05) is 19.3 Å². The van der Waals surface area contributed by atoms with Gasteiger partial charge in [0.15, 0.2) is 6.54 Å². The van der Waals surface area contributed by atoms with Gasteiger partial charge in [-0.1, -0.05) is 19.4 Å². The van der Waals surface area contributed by atoms with Crippen LogP contribution in [-0.4, -0.2) is 45.8 Å². The monoisotopic (exact) mass is 410 g/mol. The number of thiophene rings is 1. The predicted octanol–water partition coefficient (Wildman–Crippen LogP) is 1.82. The molecule has 8 heteroatoms. The smallest absolute Gasteiger partial charge is 0.279 e. The lowest BCUT2D eigenvalue weighted by atomic mass is 10.3. The summed E-state index contributed by atoms with van der Waals surface area (Å²) in [5.41, 5.74) is 0.596. The number of carbonyl (C=O) groups is 1. The second kappa shape index (κ2) is 9.98. The molecule has 148 valence electrons. The summed E-state index contributed by atoms with van der Waals surface area (Å²) >= 11 is 1.68. The molecule has 1 aromatic heterocycles. The molecule has 0 fully saturated rings. The molecule has 6 nitrogen and oxygen atoms in total. The minimum atomic E-state index is -3.49. The number of anilines is 1. The zero-order valence-electron chi connectivity index (χ0n) is 16.1. The summed E-state index contributed by atoms with van der Waals surface area (Å²) in [6.45, 7) is 3.66. The summed E-state index contributed by atoms with van der Waals surface area (Å²) in [6, 6.07) is 10.4. The number of rotatable bonds is 10. The first kappa shape index (κ1) is 21.6. The summed E-state index contributed by atoms with van der Waals surface area (Å²) in [4.78, 5) is 14.8. The van der Waals surface area contributed by atoms with Crippen molar-refractivity contribution in [2.75, 3.05) is 32.5 Å². The summed E-state index contributed by atoms with van der Waals surface area (Å²) in [5.74, 6) is -0.0975. The SMILES string of the molecule is CCCCN(C)S(=O)(=O)c1ccc(NC(=O)C[NH+](C)Cc2cccs2)cc1. The van der Waals surface area contributed by atoms with Crippen molar-refractivity contribution in [2.45, 2.75) is 31.2 Å². The molecule has 2 rings (SSSR count). The van der Waals surface area contributed by atoms with Crippen molar-refractivity contribution >= 4 is 33.0 Å². The Hall–Kier alpha value is -1.74. The molecule has 0 radical (unpaired) electrons. The van der Waals surface area contributed by atoms with Crippen LogP contribution in [0.25, 0.3) is 0 Å². The molecule has 0 saturated heterocycles. The molecule has 27 heavy (non-hydrogen) atoms. The maximum Gasteiger partial charge on any atom is 0.279 e. The fourth-order valence-electron chi connectivity index (χ4n) is 2.64. The highest BCUT2D eigenvalue weighted by Crippen LogP contribution is 2.18. The van der Waals surface area contributed by atoms with E-state index in [1.54, 1.807) is 30.5 Å². The van der Waals surface area contributed by atoms with Gasteiger partial charge in [0.25, 0.3) is 5.91 Å². The lowest BCUT2D eigenvalue weighted by Crippen LogP contribution is -3.08. The Balaban J connectivity index is 1.91. The first-order valence-electron chi connectivity index (χ1n) is 9.03. The van der Waals surface area contributed by atoms with Gasteiger partial charge < -0.3 is 10.2 Å². The quantitative estimate of drug-likeness (QED) is 0.628. The van der Waals surface area contributed by atoms with Crippen LogP contribution in [0.3, 0.4) is 0 Å². The van der Waals surface area contributed by atoms with Crippen LogP contribution >= 0.6 is 11.3 Å². The van der Waals surface area contributed by atoms with E-state index >= 15 is 0 Å². The van der Waals surface area contributed by atoms with Gasteiger partial charge in [0.05, 0.1) is 16.8 Å². The molecule has 0 spiro atoms. The second-order valence-electron chi connectivity index (χ2n) is 6.64. The van der Waals surface area contributed by atoms with E-state index in [2.05, 4.69) is 11.4 Å². The molecule has 0 aliphatic carbocycles. The number of unbranched alkanes of at least 4 members (excludes halogenated alkanes) is 1.